The first-order valence-electron chi connectivity index (χ1n) is 8.54. The molecular formula is C19H22N2O3S. The average molecular weight is 358 g/mol. The lowest BCUT2D eigenvalue weighted by atomic mass is 9.93. The van der Waals surface area contributed by atoms with Crippen molar-refractivity contribution in [1.82, 2.24) is 9.88 Å². The second-order valence-corrected chi connectivity index (χ2v) is 7.60. The van der Waals surface area contributed by atoms with Crippen molar-refractivity contribution in [2.24, 2.45) is 5.92 Å². The molecule has 5 nitrogen and oxygen atoms in total. The Morgan fingerprint density at radius 1 is 1.24 bits per heavy atom. The molecule has 0 aliphatic carbocycles. The highest BCUT2D eigenvalue weighted by Crippen LogP contribution is 2.26. The number of amides is 1. The van der Waals surface area contributed by atoms with Gasteiger partial charge in [0.15, 0.2) is 0 Å². The van der Waals surface area contributed by atoms with Gasteiger partial charge in [0.2, 0.25) is 0 Å². The second-order valence-electron chi connectivity index (χ2n) is 6.52. The number of piperidine rings is 1. The maximum absolute atomic E-state index is 12.8. The normalized spacial score (nSPS) is 15.3. The molecule has 2 aromatic rings. The number of rotatable bonds is 5. The molecule has 2 heterocycles. The first-order chi connectivity index (χ1) is 12.0. The molecule has 1 aromatic heterocycles. The molecule has 0 atom stereocenters. The van der Waals surface area contributed by atoms with Crippen LogP contribution in [-0.2, 0) is 11.2 Å². The van der Waals surface area contributed by atoms with Crippen LogP contribution in [-0.4, -0.2) is 40.0 Å². The second kappa shape index (κ2) is 7.78. The van der Waals surface area contributed by atoms with Gasteiger partial charge in [0.05, 0.1) is 10.7 Å². The van der Waals surface area contributed by atoms with Gasteiger partial charge in [-0.1, -0.05) is 30.3 Å². The molecule has 0 saturated carbocycles. The minimum atomic E-state index is -0.756. The zero-order valence-corrected chi connectivity index (χ0v) is 15.1. The van der Waals surface area contributed by atoms with E-state index in [4.69, 9.17) is 5.11 Å². The van der Waals surface area contributed by atoms with E-state index in [1.165, 1.54) is 16.9 Å². The molecule has 1 fully saturated rings. The molecule has 1 N–H and O–H groups in total. The lowest BCUT2D eigenvalue weighted by Crippen LogP contribution is -2.38. The predicted octanol–water partition coefficient (Wildman–Crippen LogP) is 3.37. The molecule has 1 saturated heterocycles. The molecule has 3 rings (SSSR count). The summed E-state index contributed by atoms with van der Waals surface area (Å²) in [5.74, 6) is -0.547. The quantitative estimate of drug-likeness (QED) is 0.890. The van der Waals surface area contributed by atoms with Crippen LogP contribution in [0.1, 0.15) is 45.2 Å². The van der Waals surface area contributed by atoms with Crippen LogP contribution in [0.2, 0.25) is 0 Å². The number of thiazole rings is 1. The molecule has 25 heavy (non-hydrogen) atoms. The van der Waals surface area contributed by atoms with Gasteiger partial charge in [0.1, 0.15) is 4.88 Å². The SMILES string of the molecule is Cc1nc(Cc2ccccc2)sc1C(=O)N1CCC(CC(=O)O)CC1. The lowest BCUT2D eigenvalue weighted by Gasteiger charge is -2.31. The van der Waals surface area contributed by atoms with Crippen molar-refractivity contribution in [1.29, 1.82) is 0 Å². The first-order valence-corrected chi connectivity index (χ1v) is 9.36. The fraction of sp³-hybridized carbons (Fsp3) is 0.421. The molecule has 1 amide bonds. The molecule has 1 aliphatic heterocycles. The lowest BCUT2D eigenvalue weighted by molar-refractivity contribution is -0.138. The maximum Gasteiger partial charge on any atom is 0.303 e. The van der Waals surface area contributed by atoms with Crippen molar-refractivity contribution in [3.63, 3.8) is 0 Å². The summed E-state index contributed by atoms with van der Waals surface area (Å²) in [6.07, 6.45) is 2.45. The smallest absolute Gasteiger partial charge is 0.303 e. The number of aliphatic carboxylic acids is 1. The van der Waals surface area contributed by atoms with E-state index in [9.17, 15) is 9.59 Å². The number of aromatic nitrogens is 1. The zero-order chi connectivity index (χ0) is 17.8. The molecule has 0 radical (unpaired) electrons. The Morgan fingerprint density at radius 2 is 1.92 bits per heavy atom. The number of hydrogen-bond donors (Lipinski definition) is 1. The Labute approximate surface area is 151 Å². The number of likely N-dealkylation sites (tertiary alicyclic amines) is 1. The van der Waals surface area contributed by atoms with E-state index in [0.29, 0.717) is 18.0 Å². The van der Waals surface area contributed by atoms with E-state index in [2.05, 4.69) is 17.1 Å². The van der Waals surface area contributed by atoms with Crippen LogP contribution in [0.3, 0.4) is 0 Å². The molecule has 1 aliphatic rings. The van der Waals surface area contributed by atoms with Crippen LogP contribution in [0, 0.1) is 12.8 Å². The number of carboxylic acids is 1. The van der Waals surface area contributed by atoms with Gasteiger partial charge in [-0.05, 0) is 31.2 Å². The summed E-state index contributed by atoms with van der Waals surface area (Å²) in [5.41, 5.74) is 1.97. The predicted molar refractivity (Wildman–Crippen MR) is 97.0 cm³/mol. The Bertz CT molecular complexity index is 749. The fourth-order valence-corrected chi connectivity index (χ4v) is 4.29. The number of carboxylic acid groups (broad SMARTS) is 1. The first kappa shape index (κ1) is 17.6. The molecule has 0 bridgehead atoms. The van der Waals surface area contributed by atoms with Crippen molar-refractivity contribution in [2.45, 2.75) is 32.6 Å². The molecule has 6 heteroatoms. The van der Waals surface area contributed by atoms with Gasteiger partial charge in [0.25, 0.3) is 5.91 Å². The maximum atomic E-state index is 12.8. The van der Waals surface area contributed by atoms with E-state index >= 15 is 0 Å². The molecule has 0 spiro atoms. The molecular weight excluding hydrogens is 336 g/mol. The molecule has 0 unspecified atom stereocenters. The minimum absolute atomic E-state index is 0.0306. The third-order valence-corrected chi connectivity index (χ3v) is 5.74. The van der Waals surface area contributed by atoms with Crippen LogP contribution < -0.4 is 0 Å². The van der Waals surface area contributed by atoms with Crippen LogP contribution in [0.15, 0.2) is 30.3 Å². The standard InChI is InChI=1S/C19H22N2O3S/c1-13-18(25-16(20-13)11-14-5-3-2-4-6-14)19(24)21-9-7-15(8-10-21)12-17(22)23/h2-6,15H,7-12H2,1H3,(H,22,23). The van der Waals surface area contributed by atoms with Crippen molar-refractivity contribution >= 4 is 23.2 Å². The highest BCUT2D eigenvalue weighted by Gasteiger charge is 2.27. The van der Waals surface area contributed by atoms with E-state index in [-0.39, 0.29) is 18.2 Å². The van der Waals surface area contributed by atoms with E-state index < -0.39 is 5.97 Å². The van der Waals surface area contributed by atoms with Gasteiger partial charge in [-0.25, -0.2) is 4.98 Å². The number of carbonyl (C=O) groups excluding carboxylic acids is 1. The van der Waals surface area contributed by atoms with Crippen molar-refractivity contribution < 1.29 is 14.7 Å². The van der Waals surface area contributed by atoms with E-state index in [1.54, 1.807) is 0 Å². The fourth-order valence-electron chi connectivity index (χ4n) is 3.23. The third-order valence-electron chi connectivity index (χ3n) is 4.60. The number of hydrogen-bond acceptors (Lipinski definition) is 4. The Kier molecular flexibility index (Phi) is 5.48. The van der Waals surface area contributed by atoms with Crippen LogP contribution in [0.5, 0.6) is 0 Å². The third kappa shape index (κ3) is 4.45. The Hall–Kier alpha value is -2.21. The largest absolute Gasteiger partial charge is 0.481 e. The van der Waals surface area contributed by atoms with E-state index in [0.717, 1.165) is 30.0 Å². The average Bonchev–Trinajstić information content (AvgIpc) is 2.95. The van der Waals surface area contributed by atoms with Crippen LogP contribution in [0.4, 0.5) is 0 Å². The van der Waals surface area contributed by atoms with Crippen molar-refractivity contribution in [2.75, 3.05) is 13.1 Å². The summed E-state index contributed by atoms with van der Waals surface area (Å²) in [7, 11) is 0. The highest BCUT2D eigenvalue weighted by molar-refractivity contribution is 7.13. The Morgan fingerprint density at radius 3 is 2.56 bits per heavy atom. The summed E-state index contributed by atoms with van der Waals surface area (Å²) in [5, 5.41) is 9.84. The topological polar surface area (TPSA) is 70.5 Å². The number of benzene rings is 1. The van der Waals surface area contributed by atoms with Gasteiger partial charge >= 0.3 is 5.97 Å². The summed E-state index contributed by atoms with van der Waals surface area (Å²) < 4.78 is 0. The summed E-state index contributed by atoms with van der Waals surface area (Å²) in [6.45, 7) is 3.14. The van der Waals surface area contributed by atoms with Crippen molar-refractivity contribution in [3.8, 4) is 0 Å². The monoisotopic (exact) mass is 358 g/mol. The number of aryl methyl sites for hydroxylation is 1. The van der Waals surface area contributed by atoms with Crippen LogP contribution >= 0.6 is 11.3 Å². The van der Waals surface area contributed by atoms with Gasteiger partial charge in [-0.2, -0.15) is 0 Å². The summed E-state index contributed by atoms with van der Waals surface area (Å²) >= 11 is 1.47. The van der Waals surface area contributed by atoms with Gasteiger partial charge in [-0.3, -0.25) is 9.59 Å². The Balaban J connectivity index is 1.64. The number of nitrogens with zero attached hydrogens (tertiary/aromatic N) is 2. The van der Waals surface area contributed by atoms with Crippen LogP contribution in [0.25, 0.3) is 0 Å². The van der Waals surface area contributed by atoms with Gasteiger partial charge in [-0.15, -0.1) is 11.3 Å². The van der Waals surface area contributed by atoms with E-state index in [1.807, 2.05) is 30.0 Å². The highest BCUT2D eigenvalue weighted by atomic mass is 32.1. The molecule has 132 valence electrons. The minimum Gasteiger partial charge on any atom is -0.481 e. The van der Waals surface area contributed by atoms with Gasteiger partial charge < -0.3 is 10.0 Å². The number of carbonyl (C=O) groups is 2. The van der Waals surface area contributed by atoms with Crippen molar-refractivity contribution in [3.05, 3.63) is 51.5 Å². The summed E-state index contributed by atoms with van der Waals surface area (Å²) in [6, 6.07) is 10.1. The van der Waals surface area contributed by atoms with Gasteiger partial charge in [0, 0.05) is 25.9 Å². The molecule has 1 aromatic carbocycles. The zero-order valence-electron chi connectivity index (χ0n) is 14.3. The summed E-state index contributed by atoms with van der Waals surface area (Å²) in [4.78, 5) is 30.7.